The zero-order chi connectivity index (χ0) is 14.0. The van der Waals surface area contributed by atoms with E-state index in [0.29, 0.717) is 16.7 Å². The average Bonchev–Trinajstić information content (AvgIpc) is 2.38. The molecule has 3 nitrogen and oxygen atoms in total. The third-order valence-electron chi connectivity index (χ3n) is 3.11. The van der Waals surface area contributed by atoms with E-state index in [2.05, 4.69) is 30.7 Å². The Bertz CT molecular complexity index is 589. The van der Waals surface area contributed by atoms with E-state index in [1.807, 2.05) is 0 Å². The molecule has 1 aromatic carbocycles. The van der Waals surface area contributed by atoms with Crippen LogP contribution < -0.4 is 4.74 Å². The molecule has 5 heteroatoms. The average molecular weight is 280 g/mol. The molecule has 19 heavy (non-hydrogen) atoms. The molecule has 0 amide bonds. The summed E-state index contributed by atoms with van der Waals surface area (Å²) in [6, 6.07) is 3.06. The van der Waals surface area contributed by atoms with Crippen LogP contribution >= 0.6 is 11.8 Å². The molecule has 0 aliphatic heterocycles. The van der Waals surface area contributed by atoms with Gasteiger partial charge in [-0.2, -0.15) is 0 Å². The van der Waals surface area contributed by atoms with Gasteiger partial charge in [0.15, 0.2) is 11.6 Å². The maximum Gasteiger partial charge on any atom is 0.167 e. The van der Waals surface area contributed by atoms with Gasteiger partial charge in [0.25, 0.3) is 0 Å². The molecule has 0 aliphatic carbocycles. The van der Waals surface area contributed by atoms with Crippen LogP contribution in [0, 0.1) is 11.7 Å². The first-order valence-corrected chi connectivity index (χ1v) is 7.05. The monoisotopic (exact) mass is 280 g/mol. The summed E-state index contributed by atoms with van der Waals surface area (Å²) < 4.78 is 18.7. The lowest BCUT2D eigenvalue weighted by Crippen LogP contribution is -2.06. The Hall–Kier alpha value is -1.36. The molecule has 102 valence electrons. The number of methoxy groups -OCH3 is 1. The highest BCUT2D eigenvalue weighted by Gasteiger charge is 2.14. The molecule has 0 radical (unpaired) electrons. The minimum atomic E-state index is -0.401. The summed E-state index contributed by atoms with van der Waals surface area (Å²) in [4.78, 5) is 8.42. The number of fused-ring (bicyclic) bond motifs is 1. The van der Waals surface area contributed by atoms with Gasteiger partial charge in [-0.25, -0.2) is 14.4 Å². The molecule has 0 bridgehead atoms. The number of hydrogen-bond donors (Lipinski definition) is 0. The van der Waals surface area contributed by atoms with Crippen LogP contribution in [0.5, 0.6) is 5.75 Å². The number of ether oxygens (including phenoxy) is 1. The SMILES string of the molecule is COc1cc2c(SC(C)C(C)C)ncnc2cc1F. The van der Waals surface area contributed by atoms with Crippen LogP contribution in [0.4, 0.5) is 4.39 Å². The van der Waals surface area contributed by atoms with Crippen molar-refractivity contribution < 1.29 is 9.13 Å². The fourth-order valence-corrected chi connectivity index (χ4v) is 2.62. The maximum absolute atomic E-state index is 13.7. The van der Waals surface area contributed by atoms with Crippen LogP contribution in [0.3, 0.4) is 0 Å². The van der Waals surface area contributed by atoms with E-state index in [9.17, 15) is 4.39 Å². The van der Waals surface area contributed by atoms with E-state index in [1.165, 1.54) is 19.5 Å². The minimum Gasteiger partial charge on any atom is -0.494 e. The van der Waals surface area contributed by atoms with Crippen molar-refractivity contribution in [2.75, 3.05) is 7.11 Å². The Morgan fingerprint density at radius 2 is 1.95 bits per heavy atom. The summed E-state index contributed by atoms with van der Waals surface area (Å²) in [5, 5.41) is 2.12. The van der Waals surface area contributed by atoms with Gasteiger partial charge in [-0.05, 0) is 12.0 Å². The van der Waals surface area contributed by atoms with Crippen molar-refractivity contribution in [3.63, 3.8) is 0 Å². The van der Waals surface area contributed by atoms with Gasteiger partial charge >= 0.3 is 0 Å². The van der Waals surface area contributed by atoms with Gasteiger partial charge in [0, 0.05) is 16.7 Å². The van der Waals surface area contributed by atoms with Crippen LogP contribution in [0.2, 0.25) is 0 Å². The highest BCUT2D eigenvalue weighted by Crippen LogP contribution is 2.33. The molecule has 2 aromatic rings. The normalized spacial score (nSPS) is 12.9. The molecular formula is C14H17FN2OS. The zero-order valence-corrected chi connectivity index (χ0v) is 12.3. The number of aromatic nitrogens is 2. The molecule has 1 aromatic heterocycles. The molecule has 2 rings (SSSR count). The lowest BCUT2D eigenvalue weighted by atomic mass is 10.2. The summed E-state index contributed by atoms with van der Waals surface area (Å²) in [6.07, 6.45) is 1.48. The van der Waals surface area contributed by atoms with Gasteiger partial charge in [0.1, 0.15) is 11.4 Å². The molecule has 1 atom stereocenters. The van der Waals surface area contributed by atoms with E-state index in [4.69, 9.17) is 4.74 Å². The third-order valence-corrected chi connectivity index (χ3v) is 4.57. The Morgan fingerprint density at radius 3 is 2.58 bits per heavy atom. The number of nitrogens with zero attached hydrogens (tertiary/aromatic N) is 2. The standard InChI is InChI=1S/C14H17FN2OS/c1-8(2)9(3)19-14-10-5-13(18-4)11(15)6-12(10)16-7-17-14/h5-9H,1-4H3. The number of rotatable bonds is 4. The van der Waals surface area contributed by atoms with E-state index in [1.54, 1.807) is 17.8 Å². The lowest BCUT2D eigenvalue weighted by molar-refractivity contribution is 0.387. The highest BCUT2D eigenvalue weighted by molar-refractivity contribution is 8.00. The molecule has 0 spiro atoms. The topological polar surface area (TPSA) is 35.0 Å². The largest absolute Gasteiger partial charge is 0.494 e. The second-order valence-electron chi connectivity index (χ2n) is 4.75. The molecule has 0 aliphatic rings. The van der Waals surface area contributed by atoms with Crippen molar-refractivity contribution in [3.05, 3.63) is 24.3 Å². The number of halogens is 1. The Balaban J connectivity index is 2.49. The molecule has 0 saturated heterocycles. The van der Waals surface area contributed by atoms with Gasteiger partial charge in [0.2, 0.25) is 0 Å². The van der Waals surface area contributed by atoms with E-state index in [0.717, 1.165) is 10.4 Å². The summed E-state index contributed by atoms with van der Waals surface area (Å²) in [5.41, 5.74) is 0.603. The second-order valence-corrected chi connectivity index (χ2v) is 6.12. The number of thioether (sulfide) groups is 1. The summed E-state index contributed by atoms with van der Waals surface area (Å²) in [7, 11) is 1.46. The fraction of sp³-hybridized carbons (Fsp3) is 0.429. The van der Waals surface area contributed by atoms with Gasteiger partial charge in [-0.1, -0.05) is 20.8 Å². The molecule has 0 fully saturated rings. The third kappa shape index (κ3) is 2.97. The summed E-state index contributed by atoms with van der Waals surface area (Å²) in [6.45, 7) is 6.49. The van der Waals surface area contributed by atoms with Gasteiger partial charge < -0.3 is 4.74 Å². The van der Waals surface area contributed by atoms with Gasteiger partial charge in [-0.15, -0.1) is 11.8 Å². The fourth-order valence-electron chi connectivity index (χ4n) is 1.60. The highest BCUT2D eigenvalue weighted by atomic mass is 32.2. The molecule has 1 unspecified atom stereocenters. The Labute approximate surface area is 116 Å². The van der Waals surface area contributed by atoms with Crippen molar-refractivity contribution in [2.24, 2.45) is 5.92 Å². The van der Waals surface area contributed by atoms with Crippen LogP contribution in [0.1, 0.15) is 20.8 Å². The smallest absolute Gasteiger partial charge is 0.167 e. The number of benzene rings is 1. The minimum absolute atomic E-state index is 0.223. The van der Waals surface area contributed by atoms with Crippen molar-refractivity contribution in [1.82, 2.24) is 9.97 Å². The summed E-state index contributed by atoms with van der Waals surface area (Å²) >= 11 is 1.68. The van der Waals surface area contributed by atoms with Crippen molar-refractivity contribution in [1.29, 1.82) is 0 Å². The van der Waals surface area contributed by atoms with E-state index in [-0.39, 0.29) is 5.75 Å². The maximum atomic E-state index is 13.7. The van der Waals surface area contributed by atoms with Crippen LogP contribution in [0.25, 0.3) is 10.9 Å². The van der Waals surface area contributed by atoms with E-state index >= 15 is 0 Å². The molecule has 0 saturated carbocycles. The van der Waals surface area contributed by atoms with Gasteiger partial charge in [-0.3, -0.25) is 0 Å². The first-order chi connectivity index (χ1) is 9.02. The molecular weight excluding hydrogens is 263 g/mol. The Kier molecular flexibility index (Phi) is 4.24. The first kappa shape index (κ1) is 14.1. The lowest BCUT2D eigenvalue weighted by Gasteiger charge is -2.15. The van der Waals surface area contributed by atoms with E-state index < -0.39 is 5.82 Å². The van der Waals surface area contributed by atoms with Crippen LogP contribution in [-0.2, 0) is 0 Å². The van der Waals surface area contributed by atoms with Gasteiger partial charge in [0.05, 0.1) is 12.6 Å². The van der Waals surface area contributed by atoms with Crippen molar-refractivity contribution >= 4 is 22.7 Å². The predicted molar refractivity (Wildman–Crippen MR) is 76.2 cm³/mol. The van der Waals surface area contributed by atoms with Crippen molar-refractivity contribution in [3.8, 4) is 5.75 Å². The van der Waals surface area contributed by atoms with Crippen LogP contribution in [-0.4, -0.2) is 22.3 Å². The van der Waals surface area contributed by atoms with Crippen LogP contribution in [0.15, 0.2) is 23.5 Å². The molecule has 0 N–H and O–H groups in total. The number of hydrogen-bond acceptors (Lipinski definition) is 4. The quantitative estimate of drug-likeness (QED) is 0.628. The second kappa shape index (κ2) is 5.74. The first-order valence-electron chi connectivity index (χ1n) is 6.17. The Morgan fingerprint density at radius 1 is 1.21 bits per heavy atom. The molecule has 1 heterocycles. The predicted octanol–water partition coefficient (Wildman–Crippen LogP) is 3.91. The zero-order valence-electron chi connectivity index (χ0n) is 11.5. The van der Waals surface area contributed by atoms with Crippen molar-refractivity contribution in [2.45, 2.75) is 31.0 Å². The summed E-state index contributed by atoms with van der Waals surface area (Å²) in [5.74, 6) is 0.361.